The fourth-order valence-electron chi connectivity index (χ4n) is 3.50. The van der Waals surface area contributed by atoms with Crippen molar-refractivity contribution in [2.24, 2.45) is 0 Å². The standard InChI is InChI=1S/C24H16F3N3O2/c25-24(26,27)32-18-8-6-16(7-9-18)22-12-17-11-15(5-10-21(17)31-22)13-28-23-19-3-1-2-4-20(19)29-14-30-23/h1-12,14H,13H2,(H,28,29,30). The van der Waals surface area contributed by atoms with Gasteiger partial charge in [-0.05, 0) is 60.2 Å². The number of hydrogen-bond acceptors (Lipinski definition) is 5. The predicted octanol–water partition coefficient (Wildman–Crippen LogP) is 6.55. The minimum absolute atomic E-state index is 0.275. The highest BCUT2D eigenvalue weighted by molar-refractivity contribution is 5.88. The molecule has 0 fully saturated rings. The molecule has 3 aromatic carbocycles. The van der Waals surface area contributed by atoms with Gasteiger partial charge in [0.15, 0.2) is 0 Å². The Hall–Kier alpha value is -4.07. The van der Waals surface area contributed by atoms with Crippen molar-refractivity contribution in [3.63, 3.8) is 0 Å². The fraction of sp³-hybridized carbons (Fsp3) is 0.0833. The third-order valence-electron chi connectivity index (χ3n) is 4.96. The number of nitrogens with zero attached hydrogens (tertiary/aromatic N) is 2. The molecule has 0 unspecified atom stereocenters. The molecule has 0 radical (unpaired) electrons. The van der Waals surface area contributed by atoms with Crippen LogP contribution >= 0.6 is 0 Å². The van der Waals surface area contributed by atoms with Crippen LogP contribution in [0.1, 0.15) is 5.56 Å². The van der Waals surface area contributed by atoms with E-state index in [0.29, 0.717) is 23.5 Å². The van der Waals surface area contributed by atoms with Crippen molar-refractivity contribution in [1.29, 1.82) is 0 Å². The Kier molecular flexibility index (Phi) is 4.89. The summed E-state index contributed by atoms with van der Waals surface area (Å²) >= 11 is 0. The van der Waals surface area contributed by atoms with Gasteiger partial charge in [-0.1, -0.05) is 18.2 Å². The summed E-state index contributed by atoms with van der Waals surface area (Å²) in [5, 5.41) is 5.18. The summed E-state index contributed by atoms with van der Waals surface area (Å²) in [6.45, 7) is 0.556. The number of alkyl halides is 3. The number of fused-ring (bicyclic) bond motifs is 2. The zero-order valence-corrected chi connectivity index (χ0v) is 16.6. The first kappa shape index (κ1) is 19.9. The van der Waals surface area contributed by atoms with Gasteiger partial charge in [-0.3, -0.25) is 0 Å². The number of aromatic nitrogens is 2. The summed E-state index contributed by atoms with van der Waals surface area (Å²) in [6.07, 6.45) is -3.19. The monoisotopic (exact) mass is 435 g/mol. The molecule has 0 amide bonds. The van der Waals surface area contributed by atoms with Crippen LogP contribution in [0.15, 0.2) is 83.5 Å². The summed E-state index contributed by atoms with van der Waals surface area (Å²) in [7, 11) is 0. The minimum atomic E-state index is -4.72. The molecule has 5 aromatic rings. The maximum atomic E-state index is 12.3. The van der Waals surface area contributed by atoms with E-state index >= 15 is 0 Å². The first-order valence-corrected chi connectivity index (χ1v) is 9.77. The van der Waals surface area contributed by atoms with Gasteiger partial charge in [0, 0.05) is 22.9 Å². The number of nitrogens with one attached hydrogen (secondary N) is 1. The Bertz CT molecular complexity index is 1390. The normalized spacial score (nSPS) is 11.7. The van der Waals surface area contributed by atoms with Gasteiger partial charge in [-0.25, -0.2) is 9.97 Å². The molecule has 5 nitrogen and oxygen atoms in total. The van der Waals surface area contributed by atoms with Crippen LogP contribution in [0.5, 0.6) is 5.75 Å². The average Bonchev–Trinajstić information content (AvgIpc) is 3.20. The van der Waals surface area contributed by atoms with Crippen LogP contribution in [-0.4, -0.2) is 16.3 Å². The van der Waals surface area contributed by atoms with Gasteiger partial charge >= 0.3 is 6.36 Å². The molecule has 8 heteroatoms. The Morgan fingerprint density at radius 3 is 2.53 bits per heavy atom. The van der Waals surface area contributed by atoms with Gasteiger partial charge in [0.1, 0.15) is 29.2 Å². The van der Waals surface area contributed by atoms with Crippen molar-refractivity contribution < 1.29 is 22.3 Å². The number of ether oxygens (including phenoxy) is 1. The van der Waals surface area contributed by atoms with E-state index in [2.05, 4.69) is 20.0 Å². The number of benzene rings is 3. The van der Waals surface area contributed by atoms with Gasteiger partial charge in [-0.15, -0.1) is 13.2 Å². The van der Waals surface area contributed by atoms with E-state index in [1.165, 1.54) is 30.6 Å². The van der Waals surface area contributed by atoms with Crippen molar-refractivity contribution in [3.8, 4) is 17.1 Å². The lowest BCUT2D eigenvalue weighted by Gasteiger charge is -2.08. The number of anilines is 1. The Labute approximate surface area is 180 Å². The lowest BCUT2D eigenvalue weighted by Crippen LogP contribution is -2.16. The number of rotatable bonds is 5. The van der Waals surface area contributed by atoms with E-state index in [9.17, 15) is 13.2 Å². The SMILES string of the molecule is FC(F)(F)Oc1ccc(-c2cc3cc(CNc4ncnc5ccccc45)ccc3o2)cc1. The van der Waals surface area contributed by atoms with Crippen molar-refractivity contribution in [1.82, 2.24) is 9.97 Å². The number of para-hydroxylation sites is 1. The highest BCUT2D eigenvalue weighted by Crippen LogP contribution is 2.31. The number of halogens is 3. The van der Waals surface area contributed by atoms with Crippen LogP contribution in [0, 0.1) is 0 Å². The molecule has 2 heterocycles. The summed E-state index contributed by atoms with van der Waals surface area (Å²) < 4.78 is 46.8. The van der Waals surface area contributed by atoms with Crippen LogP contribution in [0.25, 0.3) is 33.2 Å². The first-order chi connectivity index (χ1) is 15.4. The molecule has 0 atom stereocenters. The van der Waals surface area contributed by atoms with Gasteiger partial charge in [-0.2, -0.15) is 0 Å². The zero-order valence-electron chi connectivity index (χ0n) is 16.6. The van der Waals surface area contributed by atoms with Crippen molar-refractivity contribution >= 4 is 27.7 Å². The van der Waals surface area contributed by atoms with E-state index < -0.39 is 6.36 Å². The minimum Gasteiger partial charge on any atom is -0.456 e. The molecule has 160 valence electrons. The van der Waals surface area contributed by atoms with Crippen LogP contribution in [0.3, 0.4) is 0 Å². The maximum Gasteiger partial charge on any atom is 0.573 e. The summed E-state index contributed by atoms with van der Waals surface area (Å²) in [5.74, 6) is 1.04. The van der Waals surface area contributed by atoms with E-state index in [1.807, 2.05) is 48.5 Å². The molecule has 0 aliphatic carbocycles. The summed E-state index contributed by atoms with van der Waals surface area (Å²) in [4.78, 5) is 8.60. The molecule has 0 aliphatic heterocycles. The first-order valence-electron chi connectivity index (χ1n) is 9.77. The predicted molar refractivity (Wildman–Crippen MR) is 115 cm³/mol. The van der Waals surface area contributed by atoms with Gasteiger partial charge in [0.2, 0.25) is 0 Å². The van der Waals surface area contributed by atoms with E-state index in [1.54, 1.807) is 0 Å². The topological polar surface area (TPSA) is 60.2 Å². The highest BCUT2D eigenvalue weighted by Gasteiger charge is 2.31. The molecule has 0 bridgehead atoms. The molecule has 0 saturated carbocycles. The third kappa shape index (κ3) is 4.20. The molecule has 1 N–H and O–H groups in total. The van der Waals surface area contributed by atoms with Gasteiger partial charge in [0.25, 0.3) is 0 Å². The van der Waals surface area contributed by atoms with Crippen molar-refractivity contribution in [3.05, 3.63) is 84.7 Å². The molecule has 5 rings (SSSR count). The van der Waals surface area contributed by atoms with Crippen LogP contribution < -0.4 is 10.1 Å². The van der Waals surface area contributed by atoms with Crippen molar-refractivity contribution in [2.45, 2.75) is 12.9 Å². The molecule has 2 aromatic heterocycles. The second-order valence-electron chi connectivity index (χ2n) is 7.15. The molecule has 32 heavy (non-hydrogen) atoms. The number of hydrogen-bond donors (Lipinski definition) is 1. The van der Waals surface area contributed by atoms with Gasteiger partial charge in [0.05, 0.1) is 5.52 Å². The lowest BCUT2D eigenvalue weighted by molar-refractivity contribution is -0.274. The maximum absolute atomic E-state index is 12.3. The molecular formula is C24H16F3N3O2. The van der Waals surface area contributed by atoms with E-state index in [-0.39, 0.29) is 5.75 Å². The van der Waals surface area contributed by atoms with Crippen LogP contribution in [0.2, 0.25) is 0 Å². The molecule has 0 saturated heterocycles. The summed E-state index contributed by atoms with van der Waals surface area (Å²) in [6, 6.07) is 21.0. The fourth-order valence-corrected chi connectivity index (χ4v) is 3.50. The van der Waals surface area contributed by atoms with Crippen LogP contribution in [0.4, 0.5) is 19.0 Å². The highest BCUT2D eigenvalue weighted by atomic mass is 19.4. The smallest absolute Gasteiger partial charge is 0.456 e. The molecular weight excluding hydrogens is 419 g/mol. The third-order valence-corrected chi connectivity index (χ3v) is 4.96. The second-order valence-corrected chi connectivity index (χ2v) is 7.15. The quantitative estimate of drug-likeness (QED) is 0.339. The second kappa shape index (κ2) is 7.88. The zero-order chi connectivity index (χ0) is 22.1. The Balaban J connectivity index is 1.35. The van der Waals surface area contributed by atoms with E-state index in [0.717, 1.165) is 27.7 Å². The van der Waals surface area contributed by atoms with Crippen molar-refractivity contribution in [2.75, 3.05) is 5.32 Å². The molecule has 0 aliphatic rings. The van der Waals surface area contributed by atoms with E-state index in [4.69, 9.17) is 4.42 Å². The van der Waals surface area contributed by atoms with Crippen LogP contribution in [-0.2, 0) is 6.54 Å². The molecule has 0 spiro atoms. The Morgan fingerprint density at radius 2 is 1.72 bits per heavy atom. The average molecular weight is 435 g/mol. The van der Waals surface area contributed by atoms with Gasteiger partial charge < -0.3 is 14.5 Å². The number of furan rings is 1. The Morgan fingerprint density at radius 1 is 0.906 bits per heavy atom. The lowest BCUT2D eigenvalue weighted by atomic mass is 10.1. The summed E-state index contributed by atoms with van der Waals surface area (Å²) in [5.41, 5.74) is 3.24. The largest absolute Gasteiger partial charge is 0.573 e.